The predicted octanol–water partition coefficient (Wildman–Crippen LogP) is 0.315. The Hall–Kier alpha value is -1.68. The number of hydrogen-bond donors (Lipinski definition) is 4. The molecule has 0 saturated carbocycles. The first-order valence-corrected chi connectivity index (χ1v) is 9.58. The summed E-state index contributed by atoms with van der Waals surface area (Å²) in [5, 5.41) is 8.43. The summed E-state index contributed by atoms with van der Waals surface area (Å²) < 4.78 is 25.8. The van der Waals surface area contributed by atoms with Gasteiger partial charge in [-0.1, -0.05) is 13.0 Å². The molecule has 146 valence electrons. The molecular weight excluding hydrogens is 380 g/mol. The molecule has 8 nitrogen and oxygen atoms in total. The molecule has 1 heterocycles. The first-order chi connectivity index (χ1) is 11.7. The average molecular weight is 405 g/mol. The van der Waals surface area contributed by atoms with Crippen LogP contribution in [0.1, 0.15) is 13.8 Å². The lowest BCUT2D eigenvalue weighted by molar-refractivity contribution is -0.130. The third-order valence-electron chi connectivity index (χ3n) is 4.37. The van der Waals surface area contributed by atoms with Crippen LogP contribution in [0, 0.1) is 11.8 Å². The van der Waals surface area contributed by atoms with Crippen molar-refractivity contribution < 1.29 is 18.0 Å². The summed E-state index contributed by atoms with van der Waals surface area (Å²) in [6, 6.07) is 5.19. The highest BCUT2D eigenvalue weighted by molar-refractivity contribution is 7.89. The lowest BCUT2D eigenvalue weighted by Gasteiger charge is -2.32. The van der Waals surface area contributed by atoms with Gasteiger partial charge in [0.15, 0.2) is 0 Å². The Morgan fingerprint density at radius 3 is 2.38 bits per heavy atom. The third-order valence-corrected chi connectivity index (χ3v) is 5.78. The van der Waals surface area contributed by atoms with Crippen molar-refractivity contribution in [3.8, 4) is 0 Å². The molecule has 1 aromatic carbocycles. The number of hydrogen-bond acceptors (Lipinski definition) is 5. The first-order valence-electron chi connectivity index (χ1n) is 8.10. The van der Waals surface area contributed by atoms with Gasteiger partial charge in [-0.2, -0.15) is 0 Å². The monoisotopic (exact) mass is 404 g/mol. The molecule has 26 heavy (non-hydrogen) atoms. The van der Waals surface area contributed by atoms with Crippen LogP contribution in [0.3, 0.4) is 0 Å². The Morgan fingerprint density at radius 2 is 1.85 bits per heavy atom. The molecule has 2 unspecified atom stereocenters. The van der Waals surface area contributed by atoms with E-state index >= 15 is 0 Å². The fourth-order valence-corrected chi connectivity index (χ4v) is 3.17. The minimum Gasteiger partial charge on any atom is -0.344 e. The Balaban J connectivity index is 0.00000338. The van der Waals surface area contributed by atoms with E-state index in [-0.39, 0.29) is 29.1 Å². The summed E-state index contributed by atoms with van der Waals surface area (Å²) in [5.74, 6) is -0.453. The zero-order valence-corrected chi connectivity index (χ0v) is 16.5. The van der Waals surface area contributed by atoms with E-state index in [1.807, 2.05) is 6.92 Å². The van der Waals surface area contributed by atoms with Gasteiger partial charge in [-0.3, -0.25) is 9.59 Å². The fourth-order valence-electron chi connectivity index (χ4n) is 2.40. The predicted molar refractivity (Wildman–Crippen MR) is 102 cm³/mol. The minimum absolute atomic E-state index is 0. The normalized spacial score (nSPS) is 16.6. The van der Waals surface area contributed by atoms with Crippen molar-refractivity contribution in [1.82, 2.24) is 15.4 Å². The summed E-state index contributed by atoms with van der Waals surface area (Å²) in [4.78, 5) is 24.5. The van der Waals surface area contributed by atoms with Crippen LogP contribution in [-0.2, 0) is 19.6 Å². The molecule has 1 aromatic rings. The molecule has 2 amide bonds. The molecule has 1 aliphatic rings. The second kappa shape index (κ2) is 9.31. The number of sulfonamides is 1. The van der Waals surface area contributed by atoms with Gasteiger partial charge in [-0.15, -0.1) is 12.4 Å². The smallest absolute Gasteiger partial charge is 0.246 e. The molecule has 1 saturated heterocycles. The molecule has 0 aromatic heterocycles. The quantitative estimate of drug-likeness (QED) is 0.522. The zero-order valence-electron chi connectivity index (χ0n) is 14.9. The van der Waals surface area contributed by atoms with Crippen LogP contribution in [-0.4, -0.2) is 46.4 Å². The minimum atomic E-state index is -3.59. The van der Waals surface area contributed by atoms with Crippen LogP contribution in [0.4, 0.5) is 5.69 Å². The van der Waals surface area contributed by atoms with E-state index in [1.54, 1.807) is 13.0 Å². The summed E-state index contributed by atoms with van der Waals surface area (Å²) in [5.41, 5.74) is 0.346. The van der Waals surface area contributed by atoms with Crippen LogP contribution in [0.25, 0.3) is 0 Å². The summed E-state index contributed by atoms with van der Waals surface area (Å²) in [7, 11) is -2.27. The van der Waals surface area contributed by atoms with Gasteiger partial charge >= 0.3 is 0 Å². The Bertz CT molecular complexity index is 752. The molecule has 4 N–H and O–H groups in total. The highest BCUT2D eigenvalue weighted by Gasteiger charge is 2.30. The standard InChI is InChI=1S/C16H24N4O4S.ClH/c1-10(12-8-18-9-12)15(21)19-11(2)16(22)20-13-5-4-6-14(7-13)25(23,24)17-3;/h4-7,10-12,17-18H,8-9H2,1-3H3,(H,19,21)(H,20,22);1H. The van der Waals surface area contributed by atoms with Gasteiger partial charge in [0.1, 0.15) is 6.04 Å². The average Bonchev–Trinajstić information content (AvgIpc) is 2.53. The van der Waals surface area contributed by atoms with E-state index in [2.05, 4.69) is 20.7 Å². The number of carbonyl (C=O) groups is 2. The van der Waals surface area contributed by atoms with Crippen molar-refractivity contribution in [2.24, 2.45) is 11.8 Å². The molecule has 1 fully saturated rings. The Kier molecular flexibility index (Phi) is 8.01. The van der Waals surface area contributed by atoms with Crippen molar-refractivity contribution in [2.75, 3.05) is 25.5 Å². The zero-order chi connectivity index (χ0) is 18.6. The van der Waals surface area contributed by atoms with Crippen molar-refractivity contribution in [2.45, 2.75) is 24.8 Å². The van der Waals surface area contributed by atoms with Crippen molar-refractivity contribution >= 4 is 39.9 Å². The maximum atomic E-state index is 12.3. The maximum Gasteiger partial charge on any atom is 0.246 e. The van der Waals surface area contributed by atoms with Gasteiger partial charge in [0.05, 0.1) is 4.90 Å². The lowest BCUT2D eigenvalue weighted by atomic mass is 9.88. The molecule has 0 radical (unpaired) electrons. The number of halogens is 1. The van der Waals surface area contributed by atoms with E-state index in [9.17, 15) is 18.0 Å². The van der Waals surface area contributed by atoms with E-state index in [0.717, 1.165) is 13.1 Å². The van der Waals surface area contributed by atoms with Crippen molar-refractivity contribution in [1.29, 1.82) is 0 Å². The van der Waals surface area contributed by atoms with Crippen LogP contribution < -0.4 is 20.7 Å². The topological polar surface area (TPSA) is 116 Å². The van der Waals surface area contributed by atoms with Gasteiger partial charge in [0.2, 0.25) is 21.8 Å². The van der Waals surface area contributed by atoms with Gasteiger partial charge in [0, 0.05) is 11.6 Å². The van der Waals surface area contributed by atoms with E-state index in [4.69, 9.17) is 0 Å². The Morgan fingerprint density at radius 1 is 1.19 bits per heavy atom. The summed E-state index contributed by atoms with van der Waals surface area (Å²) in [6.07, 6.45) is 0. The first kappa shape index (κ1) is 22.4. The SMILES string of the molecule is CNS(=O)(=O)c1cccc(NC(=O)C(C)NC(=O)C(C)C2CNC2)c1.Cl. The number of benzene rings is 1. The van der Waals surface area contributed by atoms with Gasteiger partial charge in [-0.05, 0) is 51.2 Å². The van der Waals surface area contributed by atoms with Crippen molar-refractivity contribution in [3.63, 3.8) is 0 Å². The number of amides is 2. The number of anilines is 1. The number of rotatable bonds is 7. The molecule has 0 bridgehead atoms. The summed E-state index contributed by atoms with van der Waals surface area (Å²) in [6.45, 7) is 5.05. The second-order valence-electron chi connectivity index (χ2n) is 6.16. The van der Waals surface area contributed by atoms with Gasteiger partial charge in [-0.25, -0.2) is 13.1 Å². The summed E-state index contributed by atoms with van der Waals surface area (Å²) >= 11 is 0. The van der Waals surface area contributed by atoms with Crippen LogP contribution in [0.5, 0.6) is 0 Å². The number of carbonyl (C=O) groups excluding carboxylic acids is 2. The van der Waals surface area contributed by atoms with Crippen LogP contribution in [0.2, 0.25) is 0 Å². The lowest BCUT2D eigenvalue weighted by Crippen LogP contribution is -2.52. The second-order valence-corrected chi connectivity index (χ2v) is 8.05. The van der Waals surface area contributed by atoms with E-state index < -0.39 is 22.0 Å². The highest BCUT2D eigenvalue weighted by atomic mass is 35.5. The highest BCUT2D eigenvalue weighted by Crippen LogP contribution is 2.17. The maximum absolute atomic E-state index is 12.3. The molecule has 2 rings (SSSR count). The fraction of sp³-hybridized carbons (Fsp3) is 0.500. The molecule has 0 aliphatic carbocycles. The van der Waals surface area contributed by atoms with Crippen LogP contribution >= 0.6 is 12.4 Å². The Labute approximate surface area is 160 Å². The third kappa shape index (κ3) is 5.41. The largest absolute Gasteiger partial charge is 0.344 e. The molecule has 0 spiro atoms. The van der Waals surface area contributed by atoms with Crippen molar-refractivity contribution in [3.05, 3.63) is 24.3 Å². The molecule has 10 heteroatoms. The van der Waals surface area contributed by atoms with Crippen LogP contribution in [0.15, 0.2) is 29.2 Å². The van der Waals surface area contributed by atoms with Gasteiger partial charge < -0.3 is 16.0 Å². The van der Waals surface area contributed by atoms with E-state index in [0.29, 0.717) is 11.6 Å². The molecular formula is C16H25ClN4O4S. The molecule has 2 atom stereocenters. The van der Waals surface area contributed by atoms with E-state index in [1.165, 1.54) is 25.2 Å². The number of nitrogens with one attached hydrogen (secondary N) is 4. The molecule has 1 aliphatic heterocycles. The van der Waals surface area contributed by atoms with Gasteiger partial charge in [0.25, 0.3) is 0 Å².